The molecule has 0 spiro atoms. The van der Waals surface area contributed by atoms with E-state index in [1.807, 2.05) is 0 Å². The molecule has 0 saturated heterocycles. The van der Waals surface area contributed by atoms with Gasteiger partial charge in [-0.2, -0.15) is 0 Å². The van der Waals surface area contributed by atoms with E-state index in [9.17, 15) is 67.6 Å². The van der Waals surface area contributed by atoms with E-state index in [1.165, 1.54) is 0 Å². The van der Waals surface area contributed by atoms with E-state index in [4.69, 9.17) is 9.47 Å². The fourth-order valence-corrected chi connectivity index (χ4v) is 11.5. The number of aryl methyl sites for hydroxylation is 2. The zero-order valence-corrected chi connectivity index (χ0v) is 55.7. The van der Waals surface area contributed by atoms with Gasteiger partial charge in [0.05, 0.1) is 34.2 Å². The predicted octanol–water partition coefficient (Wildman–Crippen LogP) is -8.84. The van der Waals surface area contributed by atoms with E-state index in [0.29, 0.717) is 45.6 Å². The molecule has 4 aromatic carbocycles. The van der Waals surface area contributed by atoms with Crippen molar-refractivity contribution in [2.75, 3.05) is 0 Å². The first-order valence-electron chi connectivity index (χ1n) is 23.0. The average molecular weight is 1200 g/mol. The molecule has 4 unspecified atom stereocenters. The molecule has 0 radical (unpaired) electrons. The monoisotopic (exact) mass is 1200 g/mol. The standard InChI is InChI=1S/C52H48N4O16P4.4Na/c1-29-7-3-11-45(53-29)47-13-5-9-39(55-47)27-71-51-35-15-31-19-41(73(59,60)61)21-33(49(31)57)17-37-25-44(76(68,69)70)26-38(52(37)72-28-40-10-6-14-48(56-40)46-12-4-8-30(2)54-46)18-34-22-42(74(62,63)64)20-32(50(34)58)16-36(51)24-43(23-35)75(65,66)67;;;;/h3-14,19-26,57-58H,15-18,27-28H2,1-2H3,(H2,59,60,61)(H2,62,63,64)(H2,65,66,67)(H2,68,69,70);;;;/q;4*+1/p-4. The van der Waals surface area contributed by atoms with Crippen LogP contribution in [0.3, 0.4) is 0 Å². The van der Waals surface area contributed by atoms with Crippen molar-refractivity contribution in [1.29, 1.82) is 0 Å². The second kappa shape index (κ2) is 27.5. The number of phenolic OH excluding ortho intramolecular Hbond substituents is 2. The van der Waals surface area contributed by atoms with Crippen LogP contribution in [0, 0.1) is 13.8 Å². The van der Waals surface area contributed by atoms with Crippen molar-refractivity contribution in [3.63, 3.8) is 0 Å². The van der Waals surface area contributed by atoms with Crippen molar-refractivity contribution in [3.8, 4) is 45.8 Å². The second-order valence-corrected chi connectivity index (χ2v) is 24.4. The molecule has 28 heteroatoms. The van der Waals surface area contributed by atoms with Crippen LogP contribution < -0.4 is 168 Å². The molecule has 80 heavy (non-hydrogen) atoms. The van der Waals surface area contributed by atoms with Crippen LogP contribution in [0.4, 0.5) is 0 Å². The van der Waals surface area contributed by atoms with Gasteiger partial charge in [0.15, 0.2) is 30.4 Å². The Morgan fingerprint density at radius 2 is 0.637 bits per heavy atom. The van der Waals surface area contributed by atoms with Gasteiger partial charge in [-0.15, -0.1) is 0 Å². The predicted molar refractivity (Wildman–Crippen MR) is 271 cm³/mol. The maximum Gasteiger partial charge on any atom is 1.00 e. The summed E-state index contributed by atoms with van der Waals surface area (Å²) >= 11 is 0. The van der Waals surface area contributed by atoms with E-state index < -0.39 is 88.8 Å². The third-order valence-electron chi connectivity index (χ3n) is 12.4. The zero-order chi connectivity index (χ0) is 54.5. The number of rotatable bonds is 12. The summed E-state index contributed by atoms with van der Waals surface area (Å²) in [5.41, 5.74) is 2.39. The summed E-state index contributed by atoms with van der Waals surface area (Å²) < 4.78 is 65.2. The molecule has 392 valence electrons. The summed E-state index contributed by atoms with van der Waals surface area (Å²) in [5.74, 6) is -1.60. The second-order valence-electron chi connectivity index (χ2n) is 18.1. The molecule has 20 nitrogen and oxygen atoms in total. The third kappa shape index (κ3) is 16.4. The number of aromatic hydroxyl groups is 2. The average Bonchev–Trinajstić information content (AvgIpc) is 3.34. The van der Waals surface area contributed by atoms with Crippen LogP contribution >= 0.6 is 30.4 Å². The number of pyridine rings is 4. The Bertz CT molecular complexity index is 3500. The Morgan fingerprint density at radius 3 is 0.887 bits per heavy atom. The number of benzene rings is 4. The fourth-order valence-electron chi connectivity index (χ4n) is 8.93. The summed E-state index contributed by atoms with van der Waals surface area (Å²) in [6, 6.07) is 28.3. The van der Waals surface area contributed by atoms with E-state index in [1.54, 1.807) is 86.6 Å². The molecule has 0 amide bonds. The summed E-state index contributed by atoms with van der Waals surface area (Å²) in [7, 11) is -21.9. The first-order valence-corrected chi connectivity index (χ1v) is 29.3. The molecule has 1 aliphatic carbocycles. The molecule has 4 atom stereocenters. The molecular weight excluding hydrogens is 1150 g/mol. The number of hydrogen-bond donors (Lipinski definition) is 6. The van der Waals surface area contributed by atoms with Gasteiger partial charge in [0, 0.05) is 58.3 Å². The smallest absolute Gasteiger partial charge is 0.775 e. The van der Waals surface area contributed by atoms with Crippen molar-refractivity contribution >= 4 is 51.6 Å². The quantitative estimate of drug-likeness (QED) is 0.0489. The molecule has 4 heterocycles. The van der Waals surface area contributed by atoms with Gasteiger partial charge in [0.25, 0.3) is 0 Å². The zero-order valence-electron chi connectivity index (χ0n) is 44.1. The van der Waals surface area contributed by atoms with Gasteiger partial charge in [0.2, 0.25) is 0 Å². The summed E-state index contributed by atoms with van der Waals surface area (Å²) in [6.45, 7) is 2.90. The molecule has 8 aromatic rings. The number of nitrogens with zero attached hydrogens (tertiary/aromatic N) is 4. The van der Waals surface area contributed by atoms with E-state index in [-0.39, 0.29) is 187 Å². The minimum Gasteiger partial charge on any atom is -0.775 e. The number of phenols is 2. The van der Waals surface area contributed by atoms with Gasteiger partial charge in [-0.1, -0.05) is 24.3 Å². The van der Waals surface area contributed by atoms with E-state index in [2.05, 4.69) is 19.9 Å². The minimum absolute atomic E-state index is 0. The van der Waals surface area contributed by atoms with E-state index in [0.717, 1.165) is 48.5 Å². The maximum absolute atomic E-state index is 13.1. The van der Waals surface area contributed by atoms with Crippen LogP contribution in [-0.4, -0.2) is 49.7 Å². The van der Waals surface area contributed by atoms with Crippen LogP contribution in [0.2, 0.25) is 0 Å². The fraction of sp³-hybridized carbons (Fsp3) is 0.154. The van der Waals surface area contributed by atoms with Crippen molar-refractivity contribution in [2.45, 2.75) is 52.7 Å². The van der Waals surface area contributed by atoms with Gasteiger partial charge < -0.3 is 77.1 Å². The van der Waals surface area contributed by atoms with Gasteiger partial charge in [-0.25, -0.2) is 9.97 Å². The molecule has 9 rings (SSSR count). The number of ether oxygens (including phenoxy) is 2. The first kappa shape index (κ1) is 68.1. The Labute approximate surface area is 547 Å². The summed E-state index contributed by atoms with van der Waals surface area (Å²) in [5, 5.41) is 21.5. The molecule has 8 bridgehead atoms. The Hall–Kier alpha value is -2.72. The van der Waals surface area contributed by atoms with Gasteiger partial charge in [-0.05, 0) is 155 Å². The molecule has 0 aliphatic heterocycles. The summed E-state index contributed by atoms with van der Waals surface area (Å²) in [4.78, 5) is 113. The topological polar surface area (TPSA) is 352 Å². The molecule has 4 aromatic heterocycles. The van der Waals surface area contributed by atoms with Crippen LogP contribution in [0.25, 0.3) is 22.8 Å². The van der Waals surface area contributed by atoms with Crippen LogP contribution in [0.15, 0.2) is 121 Å². The van der Waals surface area contributed by atoms with Gasteiger partial charge >= 0.3 is 118 Å². The SMILES string of the molecule is Cc1cccc(-c2cccc(COc3c4cc(P(=O)([O-])O)cc3Cc3cc(P(=O)([O-])O)cc(c3O)Cc3cc(P(=O)([O-])O)cc(c3OCc3cccc(-c5cccc(C)n5)n3)Cc3cc(P(=O)([O-])O)cc(c3O)C4)n2)n1.[Na+].[Na+].[Na+].[Na+]. The van der Waals surface area contributed by atoms with Crippen molar-refractivity contribution in [1.82, 2.24) is 19.9 Å². The van der Waals surface area contributed by atoms with Crippen LogP contribution in [0.5, 0.6) is 23.0 Å². The Balaban J connectivity index is 0.00000294. The minimum atomic E-state index is -5.47. The molecular formula is C52H44N4Na4O16P4. The maximum atomic E-state index is 13.1. The normalized spacial score (nSPS) is 14.8. The van der Waals surface area contributed by atoms with Crippen molar-refractivity contribution in [2.24, 2.45) is 0 Å². The van der Waals surface area contributed by atoms with E-state index >= 15 is 0 Å². The third-order valence-corrected chi connectivity index (χ3v) is 16.1. The molecule has 6 N–H and O–H groups in total. The van der Waals surface area contributed by atoms with Crippen molar-refractivity contribution in [3.05, 3.63) is 189 Å². The van der Waals surface area contributed by atoms with Crippen LogP contribution in [-0.2, 0) is 57.2 Å². The largest absolute Gasteiger partial charge is 1.00 e. The number of hydrogen-bond acceptors (Lipinski definition) is 16. The van der Waals surface area contributed by atoms with Crippen molar-refractivity contribution < 1.29 is 195 Å². The van der Waals surface area contributed by atoms with Gasteiger partial charge in [-0.3, -0.25) is 9.97 Å². The van der Waals surface area contributed by atoms with Gasteiger partial charge in [0.1, 0.15) is 36.2 Å². The molecule has 1 aliphatic rings. The summed E-state index contributed by atoms with van der Waals surface area (Å²) in [6.07, 6.45) is -2.48. The Kier molecular flexibility index (Phi) is 23.4. The first-order chi connectivity index (χ1) is 35.8. The Morgan fingerprint density at radius 1 is 0.400 bits per heavy atom. The number of fused-ring (bicyclic) bond motifs is 8. The number of aromatic nitrogens is 4. The molecule has 0 saturated carbocycles. The van der Waals surface area contributed by atoms with Crippen LogP contribution in [0.1, 0.15) is 67.3 Å². The molecule has 0 fully saturated rings.